The van der Waals surface area contributed by atoms with Gasteiger partial charge in [0, 0.05) is 0 Å². The molecule has 0 heteroatoms. The second kappa shape index (κ2) is 13.3. The molecule has 0 heterocycles. The average molecular weight is 383 g/mol. The van der Waals surface area contributed by atoms with E-state index < -0.39 is 0 Å². The molecule has 150 valence electrons. The molecule has 0 unspecified atom stereocenters. The van der Waals surface area contributed by atoms with Crippen LogP contribution in [0.2, 0.25) is 0 Å². The van der Waals surface area contributed by atoms with E-state index in [4.69, 9.17) is 0 Å². The lowest BCUT2D eigenvalue weighted by atomic mass is 10.0. The molecular formula is C29H34. The van der Waals surface area contributed by atoms with Crippen LogP contribution in [-0.4, -0.2) is 0 Å². The maximum atomic E-state index is 3.00. The molecular weight excluding hydrogens is 348 g/mol. The molecule has 0 bridgehead atoms. The van der Waals surface area contributed by atoms with E-state index in [1.165, 1.54) is 65.6 Å². The molecule has 29 heavy (non-hydrogen) atoms. The van der Waals surface area contributed by atoms with Gasteiger partial charge in [-0.15, -0.1) is 13.2 Å². The zero-order valence-electron chi connectivity index (χ0n) is 17.8. The molecule has 0 saturated carbocycles. The molecule has 0 amide bonds. The Morgan fingerprint density at radius 2 is 0.931 bits per heavy atom. The number of rotatable bonds is 6. The van der Waals surface area contributed by atoms with Gasteiger partial charge in [-0.25, -0.2) is 0 Å². The number of benzene rings is 4. The maximum absolute atomic E-state index is 3.00. The molecule has 0 N–H and O–H groups in total. The largest absolute Gasteiger partial charge is 0.106 e. The van der Waals surface area contributed by atoms with Gasteiger partial charge in [-0.05, 0) is 52.1 Å². The van der Waals surface area contributed by atoms with Crippen molar-refractivity contribution >= 4 is 21.5 Å². The van der Waals surface area contributed by atoms with Crippen molar-refractivity contribution in [2.75, 3.05) is 0 Å². The summed E-state index contributed by atoms with van der Waals surface area (Å²) >= 11 is 0. The fraction of sp³-hybridized carbons (Fsp3) is 0.241. The fourth-order valence-corrected chi connectivity index (χ4v) is 3.46. The third-order valence-electron chi connectivity index (χ3n) is 5.03. The summed E-state index contributed by atoms with van der Waals surface area (Å²) in [6, 6.07) is 32.2. The van der Waals surface area contributed by atoms with Crippen molar-refractivity contribution in [1.29, 1.82) is 0 Å². The Morgan fingerprint density at radius 1 is 0.517 bits per heavy atom. The van der Waals surface area contributed by atoms with Crippen molar-refractivity contribution < 1.29 is 0 Å². The molecule has 0 radical (unpaired) electrons. The van der Waals surface area contributed by atoms with Crippen LogP contribution in [0.15, 0.2) is 104 Å². The summed E-state index contributed by atoms with van der Waals surface area (Å²) in [5, 5.41) is 5.25. The van der Waals surface area contributed by atoms with Crippen LogP contribution < -0.4 is 0 Å². The number of fused-ring (bicyclic) bond motifs is 2. The van der Waals surface area contributed by atoms with Gasteiger partial charge in [0.1, 0.15) is 0 Å². The SMILES string of the molecule is C=C.CCCCCCCc1ccccc1.c1ccc2cc3ccccc3cc2c1. The van der Waals surface area contributed by atoms with Crippen LogP contribution in [0.1, 0.15) is 44.6 Å². The highest BCUT2D eigenvalue weighted by Crippen LogP contribution is 2.22. The third-order valence-corrected chi connectivity index (χ3v) is 5.03. The van der Waals surface area contributed by atoms with Crippen molar-refractivity contribution in [3.8, 4) is 0 Å². The number of hydrogen-bond acceptors (Lipinski definition) is 0. The van der Waals surface area contributed by atoms with Crippen LogP contribution in [0.25, 0.3) is 21.5 Å². The molecule has 0 fully saturated rings. The first-order valence-electron chi connectivity index (χ1n) is 10.8. The van der Waals surface area contributed by atoms with E-state index in [2.05, 4.69) is 111 Å². The first kappa shape index (κ1) is 22.4. The van der Waals surface area contributed by atoms with Gasteiger partial charge >= 0.3 is 0 Å². The minimum absolute atomic E-state index is 1.25. The molecule has 0 spiro atoms. The van der Waals surface area contributed by atoms with Crippen LogP contribution in [-0.2, 0) is 6.42 Å². The second-order valence-corrected chi connectivity index (χ2v) is 7.20. The quantitative estimate of drug-likeness (QED) is 0.177. The third kappa shape index (κ3) is 7.58. The summed E-state index contributed by atoms with van der Waals surface area (Å²) in [6.45, 7) is 8.26. The lowest BCUT2D eigenvalue weighted by molar-refractivity contribution is 0.632. The van der Waals surface area contributed by atoms with E-state index in [-0.39, 0.29) is 0 Å². The first-order chi connectivity index (χ1) is 14.4. The molecule has 0 aromatic heterocycles. The van der Waals surface area contributed by atoms with Crippen molar-refractivity contribution in [2.45, 2.75) is 45.4 Å². The molecule has 4 aromatic carbocycles. The number of hydrogen-bond donors (Lipinski definition) is 0. The smallest absolute Gasteiger partial charge is 0.0178 e. The second-order valence-electron chi connectivity index (χ2n) is 7.20. The minimum Gasteiger partial charge on any atom is -0.106 e. The molecule has 0 aliphatic carbocycles. The monoisotopic (exact) mass is 382 g/mol. The lowest BCUT2D eigenvalue weighted by Crippen LogP contribution is -1.84. The molecule has 0 saturated heterocycles. The van der Waals surface area contributed by atoms with Crippen LogP contribution >= 0.6 is 0 Å². The van der Waals surface area contributed by atoms with Gasteiger partial charge in [0.15, 0.2) is 0 Å². The summed E-state index contributed by atoms with van der Waals surface area (Å²) in [5.41, 5.74) is 1.49. The average Bonchev–Trinajstić information content (AvgIpc) is 2.80. The van der Waals surface area contributed by atoms with E-state index in [1.54, 1.807) is 0 Å². The predicted molar refractivity (Wildman–Crippen MR) is 132 cm³/mol. The van der Waals surface area contributed by atoms with E-state index in [1.807, 2.05) is 0 Å². The molecule has 4 rings (SSSR count). The van der Waals surface area contributed by atoms with Gasteiger partial charge < -0.3 is 0 Å². The summed E-state index contributed by atoms with van der Waals surface area (Å²) in [7, 11) is 0. The normalized spacial score (nSPS) is 9.97. The summed E-state index contributed by atoms with van der Waals surface area (Å²) in [4.78, 5) is 0. The zero-order chi connectivity index (χ0) is 20.7. The highest BCUT2D eigenvalue weighted by Gasteiger charge is 1.95. The van der Waals surface area contributed by atoms with E-state index >= 15 is 0 Å². The Hall–Kier alpha value is -2.86. The van der Waals surface area contributed by atoms with Crippen molar-refractivity contribution in [2.24, 2.45) is 0 Å². The summed E-state index contributed by atoms with van der Waals surface area (Å²) in [5.74, 6) is 0. The van der Waals surface area contributed by atoms with Crippen LogP contribution in [0.3, 0.4) is 0 Å². The van der Waals surface area contributed by atoms with Crippen molar-refractivity contribution in [1.82, 2.24) is 0 Å². The van der Waals surface area contributed by atoms with Crippen LogP contribution in [0.5, 0.6) is 0 Å². The van der Waals surface area contributed by atoms with Crippen molar-refractivity contribution in [3.05, 3.63) is 110 Å². The molecule has 0 aliphatic rings. The topological polar surface area (TPSA) is 0 Å². The molecule has 4 aromatic rings. The minimum atomic E-state index is 1.25. The van der Waals surface area contributed by atoms with Gasteiger partial charge in [0.05, 0.1) is 0 Å². The standard InChI is InChI=1S/C14H10.C13H20.C2H4/c1-2-6-12-10-14-8-4-3-7-13(14)9-11(12)5-1;1-2-3-4-5-7-10-13-11-8-6-9-12-13;1-2/h1-10H;6,8-9,11-12H,2-5,7,10H2,1H3;1-2H2. The Bertz CT molecular complexity index is 848. The first-order valence-corrected chi connectivity index (χ1v) is 10.8. The lowest BCUT2D eigenvalue weighted by Gasteiger charge is -2.00. The highest BCUT2D eigenvalue weighted by atomic mass is 14.0. The molecule has 0 atom stereocenters. The van der Waals surface area contributed by atoms with E-state index in [0.717, 1.165) is 0 Å². The Labute approximate surface area is 176 Å². The van der Waals surface area contributed by atoms with Crippen LogP contribution in [0, 0.1) is 0 Å². The fourth-order valence-electron chi connectivity index (χ4n) is 3.46. The molecule has 0 aliphatic heterocycles. The van der Waals surface area contributed by atoms with E-state index in [0.29, 0.717) is 0 Å². The predicted octanol–water partition coefficient (Wildman–Crippen LogP) is 8.99. The van der Waals surface area contributed by atoms with Gasteiger partial charge in [-0.2, -0.15) is 0 Å². The van der Waals surface area contributed by atoms with Crippen molar-refractivity contribution in [3.63, 3.8) is 0 Å². The summed E-state index contributed by atoms with van der Waals surface area (Å²) < 4.78 is 0. The number of aryl methyl sites for hydroxylation is 1. The van der Waals surface area contributed by atoms with Crippen LogP contribution in [0.4, 0.5) is 0 Å². The molecule has 0 nitrogen and oxygen atoms in total. The Balaban J connectivity index is 0.000000192. The number of unbranched alkanes of at least 4 members (excludes halogenated alkanes) is 4. The van der Waals surface area contributed by atoms with Gasteiger partial charge in [-0.1, -0.05) is 111 Å². The summed E-state index contributed by atoms with van der Waals surface area (Å²) in [6.07, 6.45) is 8.14. The van der Waals surface area contributed by atoms with E-state index in [9.17, 15) is 0 Å². The van der Waals surface area contributed by atoms with Gasteiger partial charge in [0.25, 0.3) is 0 Å². The highest BCUT2D eigenvalue weighted by molar-refractivity contribution is 5.98. The zero-order valence-corrected chi connectivity index (χ0v) is 17.8. The van der Waals surface area contributed by atoms with Gasteiger partial charge in [-0.3, -0.25) is 0 Å². The Kier molecular flexibility index (Phi) is 10.3. The Morgan fingerprint density at radius 3 is 1.38 bits per heavy atom. The van der Waals surface area contributed by atoms with Gasteiger partial charge in [0.2, 0.25) is 0 Å². The maximum Gasteiger partial charge on any atom is -0.0178 e.